The molecule has 0 spiro atoms. The standard InChI is InChI=1S/C17H23NO2S/c1-4-18-10-17-9-15(13(2)21-17)12-20-16-7-5-6-14(8-16)11-19-3/h5-9,18H,4,10-12H2,1-3H3. The van der Waals surface area contributed by atoms with Crippen LogP contribution in [0.25, 0.3) is 0 Å². The number of rotatable bonds is 8. The molecule has 1 aromatic heterocycles. The van der Waals surface area contributed by atoms with Gasteiger partial charge in [-0.3, -0.25) is 0 Å². The summed E-state index contributed by atoms with van der Waals surface area (Å²) in [6, 6.07) is 10.3. The van der Waals surface area contributed by atoms with Crippen LogP contribution in [0.2, 0.25) is 0 Å². The highest BCUT2D eigenvalue weighted by Crippen LogP contribution is 2.23. The summed E-state index contributed by atoms with van der Waals surface area (Å²) in [6.07, 6.45) is 0. The van der Waals surface area contributed by atoms with E-state index in [0.717, 1.165) is 24.4 Å². The van der Waals surface area contributed by atoms with Crippen LogP contribution in [0.15, 0.2) is 30.3 Å². The molecule has 0 atom stereocenters. The summed E-state index contributed by atoms with van der Waals surface area (Å²) in [6.45, 7) is 7.43. The maximum atomic E-state index is 5.91. The van der Waals surface area contributed by atoms with Crippen molar-refractivity contribution in [2.75, 3.05) is 13.7 Å². The highest BCUT2D eigenvalue weighted by molar-refractivity contribution is 7.12. The second-order valence-corrected chi connectivity index (χ2v) is 6.28. The van der Waals surface area contributed by atoms with Crippen LogP contribution in [-0.2, 0) is 24.5 Å². The summed E-state index contributed by atoms with van der Waals surface area (Å²) < 4.78 is 11.1. The minimum absolute atomic E-state index is 0.613. The predicted octanol–water partition coefficient (Wildman–Crippen LogP) is 3.89. The molecule has 0 amide bonds. The van der Waals surface area contributed by atoms with Crippen LogP contribution >= 0.6 is 11.3 Å². The number of hydrogen-bond acceptors (Lipinski definition) is 4. The van der Waals surface area contributed by atoms with Crippen molar-refractivity contribution < 1.29 is 9.47 Å². The van der Waals surface area contributed by atoms with E-state index in [0.29, 0.717) is 13.2 Å². The monoisotopic (exact) mass is 305 g/mol. The molecule has 1 heterocycles. The first kappa shape index (κ1) is 16.0. The normalized spacial score (nSPS) is 10.8. The van der Waals surface area contributed by atoms with E-state index in [4.69, 9.17) is 9.47 Å². The SMILES string of the molecule is CCNCc1cc(COc2cccc(COC)c2)c(C)s1. The van der Waals surface area contributed by atoms with E-state index < -0.39 is 0 Å². The Balaban J connectivity index is 1.96. The molecule has 0 saturated carbocycles. The van der Waals surface area contributed by atoms with Crippen LogP contribution in [0.5, 0.6) is 5.75 Å². The number of thiophene rings is 1. The molecular formula is C17H23NO2S. The van der Waals surface area contributed by atoms with Gasteiger partial charge in [0.05, 0.1) is 6.61 Å². The molecule has 0 unspecified atom stereocenters. The summed E-state index contributed by atoms with van der Waals surface area (Å²) >= 11 is 1.84. The third kappa shape index (κ3) is 4.84. The molecule has 0 bridgehead atoms. The second-order valence-electron chi connectivity index (χ2n) is 4.94. The molecule has 21 heavy (non-hydrogen) atoms. The minimum atomic E-state index is 0.613. The average molecular weight is 305 g/mol. The van der Waals surface area contributed by atoms with Gasteiger partial charge in [0.15, 0.2) is 0 Å². The molecule has 2 rings (SSSR count). The highest BCUT2D eigenvalue weighted by Gasteiger charge is 2.06. The molecule has 114 valence electrons. The molecule has 1 N–H and O–H groups in total. The van der Waals surface area contributed by atoms with Gasteiger partial charge in [0, 0.05) is 29.0 Å². The summed E-state index contributed by atoms with van der Waals surface area (Å²) in [5.74, 6) is 0.892. The van der Waals surface area contributed by atoms with Crippen molar-refractivity contribution in [1.29, 1.82) is 0 Å². The largest absolute Gasteiger partial charge is 0.489 e. The quantitative estimate of drug-likeness (QED) is 0.802. The molecule has 0 radical (unpaired) electrons. The Bertz CT molecular complexity index is 566. The average Bonchev–Trinajstić information content (AvgIpc) is 2.84. The first-order chi connectivity index (χ1) is 10.2. The maximum absolute atomic E-state index is 5.91. The van der Waals surface area contributed by atoms with Gasteiger partial charge in [0.1, 0.15) is 12.4 Å². The molecule has 3 nitrogen and oxygen atoms in total. The molecule has 0 aliphatic rings. The number of aryl methyl sites for hydroxylation is 1. The first-order valence-corrected chi connectivity index (χ1v) is 8.04. The molecule has 0 aliphatic heterocycles. The van der Waals surface area contributed by atoms with Crippen LogP contribution in [0.4, 0.5) is 0 Å². The van der Waals surface area contributed by atoms with Crippen molar-refractivity contribution in [1.82, 2.24) is 5.32 Å². The Morgan fingerprint density at radius 3 is 2.81 bits per heavy atom. The Kier molecular flexibility index (Phi) is 6.23. The van der Waals surface area contributed by atoms with Gasteiger partial charge in [-0.1, -0.05) is 19.1 Å². The van der Waals surface area contributed by atoms with Crippen molar-refractivity contribution >= 4 is 11.3 Å². The molecule has 0 aliphatic carbocycles. The fourth-order valence-electron chi connectivity index (χ4n) is 2.12. The fourth-order valence-corrected chi connectivity index (χ4v) is 3.14. The van der Waals surface area contributed by atoms with Crippen LogP contribution in [0.3, 0.4) is 0 Å². The summed E-state index contributed by atoms with van der Waals surface area (Å²) in [5, 5.41) is 3.36. The summed E-state index contributed by atoms with van der Waals surface area (Å²) in [5.41, 5.74) is 2.40. The van der Waals surface area contributed by atoms with E-state index in [-0.39, 0.29) is 0 Å². The Hall–Kier alpha value is -1.36. The van der Waals surface area contributed by atoms with Gasteiger partial charge in [-0.15, -0.1) is 11.3 Å². The summed E-state index contributed by atoms with van der Waals surface area (Å²) in [4.78, 5) is 2.69. The van der Waals surface area contributed by atoms with Gasteiger partial charge in [0.25, 0.3) is 0 Å². The van der Waals surface area contributed by atoms with Crippen LogP contribution in [-0.4, -0.2) is 13.7 Å². The number of nitrogens with one attached hydrogen (secondary N) is 1. The summed E-state index contributed by atoms with van der Waals surface area (Å²) in [7, 11) is 1.70. The lowest BCUT2D eigenvalue weighted by Gasteiger charge is -2.07. The van der Waals surface area contributed by atoms with E-state index in [1.165, 1.54) is 15.3 Å². The number of hydrogen-bond donors (Lipinski definition) is 1. The zero-order valence-electron chi connectivity index (χ0n) is 12.9. The van der Waals surface area contributed by atoms with E-state index in [9.17, 15) is 0 Å². The van der Waals surface area contributed by atoms with Crippen molar-refractivity contribution in [3.05, 3.63) is 51.2 Å². The molecule has 0 fully saturated rings. The highest BCUT2D eigenvalue weighted by atomic mass is 32.1. The number of methoxy groups -OCH3 is 1. The lowest BCUT2D eigenvalue weighted by atomic mass is 10.2. The van der Waals surface area contributed by atoms with Gasteiger partial charge in [-0.05, 0) is 37.2 Å². The van der Waals surface area contributed by atoms with Gasteiger partial charge in [0.2, 0.25) is 0 Å². The van der Waals surface area contributed by atoms with E-state index in [1.54, 1.807) is 7.11 Å². The lowest BCUT2D eigenvalue weighted by Crippen LogP contribution is -2.10. The molecule has 2 aromatic rings. The zero-order chi connectivity index (χ0) is 15.1. The van der Waals surface area contributed by atoms with Gasteiger partial charge < -0.3 is 14.8 Å². The Labute approximate surface area is 130 Å². The topological polar surface area (TPSA) is 30.5 Å². The van der Waals surface area contributed by atoms with Crippen molar-refractivity contribution in [3.8, 4) is 5.75 Å². The van der Waals surface area contributed by atoms with Gasteiger partial charge >= 0.3 is 0 Å². The predicted molar refractivity (Wildman–Crippen MR) is 87.9 cm³/mol. The number of ether oxygens (including phenoxy) is 2. The first-order valence-electron chi connectivity index (χ1n) is 7.22. The smallest absolute Gasteiger partial charge is 0.120 e. The zero-order valence-corrected chi connectivity index (χ0v) is 13.8. The van der Waals surface area contributed by atoms with Crippen molar-refractivity contribution in [2.24, 2.45) is 0 Å². The minimum Gasteiger partial charge on any atom is -0.489 e. The lowest BCUT2D eigenvalue weighted by molar-refractivity contribution is 0.184. The third-order valence-electron chi connectivity index (χ3n) is 3.22. The number of benzene rings is 1. The molecule has 0 saturated heterocycles. The van der Waals surface area contributed by atoms with Gasteiger partial charge in [-0.2, -0.15) is 0 Å². The second kappa shape index (κ2) is 8.17. The van der Waals surface area contributed by atoms with Crippen LogP contribution in [0.1, 0.15) is 27.8 Å². The van der Waals surface area contributed by atoms with Gasteiger partial charge in [-0.25, -0.2) is 0 Å². The third-order valence-corrected chi connectivity index (χ3v) is 4.32. The van der Waals surface area contributed by atoms with Crippen molar-refractivity contribution in [3.63, 3.8) is 0 Å². The van der Waals surface area contributed by atoms with Crippen LogP contribution in [0, 0.1) is 6.92 Å². The molecular weight excluding hydrogens is 282 g/mol. The van der Waals surface area contributed by atoms with E-state index >= 15 is 0 Å². The Morgan fingerprint density at radius 2 is 2.05 bits per heavy atom. The fraction of sp³-hybridized carbons (Fsp3) is 0.412. The van der Waals surface area contributed by atoms with Crippen LogP contribution < -0.4 is 10.1 Å². The van der Waals surface area contributed by atoms with E-state index in [2.05, 4.69) is 25.2 Å². The maximum Gasteiger partial charge on any atom is 0.120 e. The molecule has 1 aromatic carbocycles. The Morgan fingerprint density at radius 1 is 1.19 bits per heavy atom. The molecule has 4 heteroatoms. The van der Waals surface area contributed by atoms with Crippen molar-refractivity contribution in [2.45, 2.75) is 33.6 Å². The van der Waals surface area contributed by atoms with E-state index in [1.807, 2.05) is 35.6 Å².